The second-order valence-corrected chi connectivity index (χ2v) is 6.07. The first-order valence-electron chi connectivity index (χ1n) is 6.16. The number of halogens is 4. The van der Waals surface area contributed by atoms with Crippen molar-refractivity contribution in [2.24, 2.45) is 0 Å². The van der Waals surface area contributed by atoms with Crippen LogP contribution in [0.3, 0.4) is 0 Å². The molecule has 20 heavy (non-hydrogen) atoms. The van der Waals surface area contributed by atoms with Crippen LogP contribution in [0.15, 0.2) is 24.3 Å². The maximum Gasteiger partial charge on any atom is 0.194 e. The normalized spacial score (nSPS) is 12.7. The van der Waals surface area contributed by atoms with Gasteiger partial charge in [-0.1, -0.05) is 18.5 Å². The summed E-state index contributed by atoms with van der Waals surface area (Å²) in [6.45, 7) is 2.65. The Kier molecular flexibility index (Phi) is 5.07. The summed E-state index contributed by atoms with van der Waals surface area (Å²) < 4.78 is 40.4. The van der Waals surface area contributed by atoms with Crippen LogP contribution in [0, 0.1) is 17.5 Å². The van der Waals surface area contributed by atoms with E-state index in [1.54, 1.807) is 12.1 Å². The Hall–Kier alpha value is -1.04. The molecule has 1 nitrogen and oxygen atoms in total. The zero-order chi connectivity index (χ0) is 14.7. The van der Waals surface area contributed by atoms with Gasteiger partial charge in [0.1, 0.15) is 0 Å². The molecule has 1 unspecified atom stereocenters. The lowest BCUT2D eigenvalue weighted by Crippen LogP contribution is -2.22. The van der Waals surface area contributed by atoms with Crippen LogP contribution in [-0.2, 0) is 0 Å². The predicted octanol–water partition coefficient (Wildman–Crippen LogP) is 4.91. The molecule has 0 spiro atoms. The van der Waals surface area contributed by atoms with Crippen molar-refractivity contribution in [3.05, 3.63) is 56.5 Å². The van der Waals surface area contributed by atoms with E-state index in [4.69, 9.17) is 11.6 Å². The summed E-state index contributed by atoms with van der Waals surface area (Å²) in [5.41, 5.74) is 0.341. The number of thiophene rings is 1. The summed E-state index contributed by atoms with van der Waals surface area (Å²) in [7, 11) is 0. The van der Waals surface area contributed by atoms with Crippen LogP contribution in [0.4, 0.5) is 13.2 Å². The maximum absolute atomic E-state index is 13.4. The highest BCUT2D eigenvalue weighted by Crippen LogP contribution is 2.32. The largest absolute Gasteiger partial charge is 0.306 e. The van der Waals surface area contributed by atoms with Crippen LogP contribution in [0.1, 0.15) is 29.8 Å². The molecule has 0 saturated carbocycles. The molecular formula is C14H13ClF3NS. The third kappa shape index (κ3) is 3.34. The zero-order valence-corrected chi connectivity index (χ0v) is 12.3. The molecule has 6 heteroatoms. The van der Waals surface area contributed by atoms with Crippen molar-refractivity contribution in [2.75, 3.05) is 6.54 Å². The summed E-state index contributed by atoms with van der Waals surface area (Å²) in [6, 6.07) is 5.13. The van der Waals surface area contributed by atoms with E-state index >= 15 is 0 Å². The molecule has 0 radical (unpaired) electrons. The average Bonchev–Trinajstić information content (AvgIpc) is 2.83. The molecule has 0 amide bonds. The van der Waals surface area contributed by atoms with Crippen molar-refractivity contribution in [2.45, 2.75) is 19.4 Å². The SMILES string of the molecule is CCCNC(c1cc(F)c(F)c(F)c1)c1ccc(Cl)s1. The number of hydrogen-bond donors (Lipinski definition) is 1. The molecule has 1 heterocycles. The Morgan fingerprint density at radius 3 is 2.35 bits per heavy atom. The Balaban J connectivity index is 2.40. The predicted molar refractivity (Wildman–Crippen MR) is 75.8 cm³/mol. The average molecular weight is 320 g/mol. The van der Waals surface area contributed by atoms with Gasteiger partial charge in [-0.2, -0.15) is 0 Å². The van der Waals surface area contributed by atoms with E-state index in [-0.39, 0.29) is 0 Å². The third-order valence-corrected chi connectivity index (χ3v) is 4.11. The smallest absolute Gasteiger partial charge is 0.194 e. The molecule has 0 fully saturated rings. The fourth-order valence-electron chi connectivity index (χ4n) is 1.90. The van der Waals surface area contributed by atoms with Crippen LogP contribution >= 0.6 is 22.9 Å². The van der Waals surface area contributed by atoms with Gasteiger partial charge in [-0.3, -0.25) is 0 Å². The van der Waals surface area contributed by atoms with Crippen LogP contribution < -0.4 is 5.32 Å². The first-order chi connectivity index (χ1) is 9.52. The molecule has 0 saturated heterocycles. The Labute approximate surface area is 124 Å². The monoisotopic (exact) mass is 319 g/mol. The van der Waals surface area contributed by atoms with E-state index in [0.29, 0.717) is 16.4 Å². The molecule has 2 rings (SSSR count). The van der Waals surface area contributed by atoms with Gasteiger partial charge >= 0.3 is 0 Å². The van der Waals surface area contributed by atoms with Crippen molar-refractivity contribution < 1.29 is 13.2 Å². The summed E-state index contributed by atoms with van der Waals surface area (Å²) >= 11 is 7.22. The van der Waals surface area contributed by atoms with E-state index in [1.807, 2.05) is 6.92 Å². The summed E-state index contributed by atoms with van der Waals surface area (Å²) in [5, 5.41) is 3.19. The molecule has 0 bridgehead atoms. The van der Waals surface area contributed by atoms with Crippen LogP contribution in [0.2, 0.25) is 4.34 Å². The number of rotatable bonds is 5. The molecule has 2 aromatic rings. The fraction of sp³-hybridized carbons (Fsp3) is 0.286. The number of nitrogens with one attached hydrogen (secondary N) is 1. The second-order valence-electron chi connectivity index (χ2n) is 4.33. The minimum Gasteiger partial charge on any atom is -0.306 e. The zero-order valence-electron chi connectivity index (χ0n) is 10.7. The topological polar surface area (TPSA) is 12.0 Å². The van der Waals surface area contributed by atoms with Gasteiger partial charge in [-0.25, -0.2) is 13.2 Å². The van der Waals surface area contributed by atoms with Gasteiger partial charge in [0.25, 0.3) is 0 Å². The maximum atomic E-state index is 13.4. The molecular weight excluding hydrogens is 307 g/mol. The van der Waals surface area contributed by atoms with Crippen molar-refractivity contribution in [3.63, 3.8) is 0 Å². The molecule has 1 atom stereocenters. The lowest BCUT2D eigenvalue weighted by Gasteiger charge is -2.18. The molecule has 108 valence electrons. The minimum absolute atomic E-state index is 0.341. The van der Waals surface area contributed by atoms with Crippen LogP contribution in [0.25, 0.3) is 0 Å². The molecule has 0 aliphatic rings. The Morgan fingerprint density at radius 2 is 1.85 bits per heavy atom. The first-order valence-corrected chi connectivity index (χ1v) is 7.35. The van der Waals surface area contributed by atoms with Crippen molar-refractivity contribution >= 4 is 22.9 Å². The second kappa shape index (κ2) is 6.61. The number of benzene rings is 1. The molecule has 1 aromatic heterocycles. The minimum atomic E-state index is -1.45. The highest BCUT2D eigenvalue weighted by molar-refractivity contribution is 7.16. The van der Waals surface area contributed by atoms with Gasteiger partial charge in [0.15, 0.2) is 17.5 Å². The summed E-state index contributed by atoms with van der Waals surface area (Å²) in [6.07, 6.45) is 0.863. The summed E-state index contributed by atoms with van der Waals surface area (Å²) in [4.78, 5) is 0.828. The first kappa shape index (κ1) is 15.4. The van der Waals surface area contributed by atoms with Gasteiger partial charge < -0.3 is 5.32 Å². The van der Waals surface area contributed by atoms with Crippen LogP contribution in [-0.4, -0.2) is 6.54 Å². The van der Waals surface area contributed by atoms with Gasteiger partial charge in [-0.05, 0) is 42.8 Å². The van der Waals surface area contributed by atoms with E-state index in [9.17, 15) is 13.2 Å². The van der Waals surface area contributed by atoms with Crippen molar-refractivity contribution in [3.8, 4) is 0 Å². The van der Waals surface area contributed by atoms with Crippen LogP contribution in [0.5, 0.6) is 0 Å². The lowest BCUT2D eigenvalue weighted by molar-refractivity contribution is 0.442. The van der Waals surface area contributed by atoms with Gasteiger partial charge in [-0.15, -0.1) is 11.3 Å². The van der Waals surface area contributed by atoms with Gasteiger partial charge in [0.05, 0.1) is 10.4 Å². The third-order valence-electron chi connectivity index (χ3n) is 2.82. The van der Waals surface area contributed by atoms with Gasteiger partial charge in [0.2, 0.25) is 0 Å². The molecule has 1 aromatic carbocycles. The van der Waals surface area contributed by atoms with E-state index in [1.165, 1.54) is 11.3 Å². The Bertz CT molecular complexity index is 577. The number of hydrogen-bond acceptors (Lipinski definition) is 2. The fourth-order valence-corrected chi connectivity index (χ4v) is 3.06. The molecule has 1 N–H and O–H groups in total. The summed E-state index contributed by atoms with van der Waals surface area (Å²) in [5.74, 6) is -3.83. The van der Waals surface area contributed by atoms with E-state index in [0.717, 1.165) is 23.4 Å². The highest BCUT2D eigenvalue weighted by atomic mass is 35.5. The van der Waals surface area contributed by atoms with E-state index in [2.05, 4.69) is 5.32 Å². The lowest BCUT2D eigenvalue weighted by atomic mass is 10.0. The van der Waals surface area contributed by atoms with Crippen molar-refractivity contribution in [1.82, 2.24) is 5.32 Å². The van der Waals surface area contributed by atoms with Crippen molar-refractivity contribution in [1.29, 1.82) is 0 Å². The Morgan fingerprint density at radius 1 is 1.20 bits per heavy atom. The standard InChI is InChI=1S/C14H13ClF3NS/c1-2-5-19-14(11-3-4-12(15)20-11)8-6-9(16)13(18)10(17)7-8/h3-4,6-7,14,19H,2,5H2,1H3. The quantitative estimate of drug-likeness (QED) is 0.772. The molecule has 0 aliphatic carbocycles. The highest BCUT2D eigenvalue weighted by Gasteiger charge is 2.20. The van der Waals surface area contributed by atoms with Gasteiger partial charge in [0, 0.05) is 4.88 Å². The molecule has 0 aliphatic heterocycles. The van der Waals surface area contributed by atoms with E-state index < -0.39 is 23.5 Å².